The van der Waals surface area contributed by atoms with Gasteiger partial charge in [-0.3, -0.25) is 9.63 Å². The van der Waals surface area contributed by atoms with Gasteiger partial charge in [0.25, 0.3) is 5.91 Å². The number of benzene rings is 1. The second-order valence-corrected chi connectivity index (χ2v) is 4.76. The van der Waals surface area contributed by atoms with Crippen LogP contribution in [0.3, 0.4) is 0 Å². The van der Waals surface area contributed by atoms with Crippen molar-refractivity contribution >= 4 is 38.9 Å². The van der Waals surface area contributed by atoms with E-state index in [2.05, 4.69) is 10.3 Å². The molecule has 0 saturated heterocycles. The largest absolute Gasteiger partial charge is 0.286 e. The molecule has 0 aliphatic heterocycles. The van der Waals surface area contributed by atoms with Gasteiger partial charge in [0.1, 0.15) is 4.88 Å². The van der Waals surface area contributed by atoms with E-state index >= 15 is 0 Å². The minimum atomic E-state index is -0.312. The molecule has 0 radical (unpaired) electrons. The molecule has 16 heavy (non-hydrogen) atoms. The minimum Gasteiger partial charge on any atom is -0.277 e. The molecule has 0 unspecified atom stereocenters. The van der Waals surface area contributed by atoms with Gasteiger partial charge in [-0.15, -0.1) is 11.3 Å². The highest BCUT2D eigenvalue weighted by Gasteiger charge is 2.17. The second-order valence-electron chi connectivity index (χ2n) is 3.33. The SMILES string of the molecule is CONC(=O)c1sc2cccc(C)c2c1Cl. The Bertz CT molecular complexity index is 550. The summed E-state index contributed by atoms with van der Waals surface area (Å²) in [7, 11) is 1.39. The Balaban J connectivity index is 2.61. The van der Waals surface area contributed by atoms with Crippen molar-refractivity contribution in [2.45, 2.75) is 6.92 Å². The number of rotatable bonds is 2. The van der Waals surface area contributed by atoms with Crippen LogP contribution in [-0.4, -0.2) is 13.0 Å². The fourth-order valence-electron chi connectivity index (χ4n) is 1.56. The fourth-order valence-corrected chi connectivity index (χ4v) is 3.13. The van der Waals surface area contributed by atoms with E-state index in [0.717, 1.165) is 15.6 Å². The van der Waals surface area contributed by atoms with Crippen LogP contribution in [-0.2, 0) is 4.84 Å². The second kappa shape index (κ2) is 4.41. The van der Waals surface area contributed by atoms with Crippen molar-refractivity contribution in [3.63, 3.8) is 0 Å². The third kappa shape index (κ3) is 1.80. The first-order valence-electron chi connectivity index (χ1n) is 4.66. The lowest BCUT2D eigenvalue weighted by Gasteiger charge is -1.99. The molecular weight excluding hydrogens is 246 g/mol. The highest BCUT2D eigenvalue weighted by Crippen LogP contribution is 2.37. The molecule has 0 saturated carbocycles. The molecule has 0 aliphatic rings. The quantitative estimate of drug-likeness (QED) is 0.838. The molecule has 2 aromatic rings. The van der Waals surface area contributed by atoms with Crippen LogP contribution in [0.2, 0.25) is 5.02 Å². The first-order valence-corrected chi connectivity index (χ1v) is 5.85. The summed E-state index contributed by atoms with van der Waals surface area (Å²) in [6.07, 6.45) is 0. The average Bonchev–Trinajstić information content (AvgIpc) is 2.58. The van der Waals surface area contributed by atoms with E-state index in [1.165, 1.54) is 18.4 Å². The third-order valence-electron chi connectivity index (χ3n) is 2.27. The van der Waals surface area contributed by atoms with E-state index in [1.54, 1.807) is 0 Å². The van der Waals surface area contributed by atoms with E-state index in [9.17, 15) is 4.79 Å². The van der Waals surface area contributed by atoms with Crippen LogP contribution in [0.25, 0.3) is 10.1 Å². The van der Waals surface area contributed by atoms with Gasteiger partial charge in [0.05, 0.1) is 12.1 Å². The van der Waals surface area contributed by atoms with Crippen LogP contribution >= 0.6 is 22.9 Å². The predicted molar refractivity (Wildman–Crippen MR) is 66.0 cm³/mol. The fraction of sp³-hybridized carbons (Fsp3) is 0.182. The van der Waals surface area contributed by atoms with Crippen molar-refractivity contribution in [1.82, 2.24) is 5.48 Å². The van der Waals surface area contributed by atoms with Gasteiger partial charge in [0.2, 0.25) is 0 Å². The molecule has 0 atom stereocenters. The molecule has 1 amide bonds. The molecule has 0 spiro atoms. The van der Waals surface area contributed by atoms with Crippen molar-refractivity contribution in [2.24, 2.45) is 0 Å². The molecule has 84 valence electrons. The molecule has 0 aliphatic carbocycles. The van der Waals surface area contributed by atoms with Gasteiger partial charge in [0.15, 0.2) is 0 Å². The summed E-state index contributed by atoms with van der Waals surface area (Å²) in [4.78, 5) is 16.7. The van der Waals surface area contributed by atoms with E-state index in [4.69, 9.17) is 11.6 Å². The first kappa shape index (κ1) is 11.4. The number of hydrogen-bond donors (Lipinski definition) is 1. The molecule has 1 heterocycles. The zero-order valence-corrected chi connectivity index (χ0v) is 10.4. The summed E-state index contributed by atoms with van der Waals surface area (Å²) in [5.41, 5.74) is 3.34. The van der Waals surface area contributed by atoms with Crippen molar-refractivity contribution in [1.29, 1.82) is 0 Å². The summed E-state index contributed by atoms with van der Waals surface area (Å²) in [6, 6.07) is 5.86. The Kier molecular flexibility index (Phi) is 3.14. The van der Waals surface area contributed by atoms with Crippen LogP contribution in [0.1, 0.15) is 15.2 Å². The van der Waals surface area contributed by atoms with Crippen molar-refractivity contribution in [3.8, 4) is 0 Å². The molecule has 3 nitrogen and oxygen atoms in total. The summed E-state index contributed by atoms with van der Waals surface area (Å²) >= 11 is 7.55. The van der Waals surface area contributed by atoms with Crippen molar-refractivity contribution < 1.29 is 9.63 Å². The maximum absolute atomic E-state index is 11.6. The molecule has 0 bridgehead atoms. The highest BCUT2D eigenvalue weighted by molar-refractivity contribution is 7.21. The highest BCUT2D eigenvalue weighted by atomic mass is 35.5. The standard InChI is InChI=1S/C11H10ClNO2S/c1-6-4-3-5-7-8(6)9(12)10(16-7)11(14)13-15-2/h3-5H,1-2H3,(H,13,14). The predicted octanol–water partition coefficient (Wildman–Crippen LogP) is 3.15. The van der Waals surface area contributed by atoms with Gasteiger partial charge in [-0.1, -0.05) is 23.7 Å². The zero-order chi connectivity index (χ0) is 11.7. The van der Waals surface area contributed by atoms with Crippen LogP contribution < -0.4 is 5.48 Å². The molecule has 1 N–H and O–H groups in total. The number of thiophene rings is 1. The minimum absolute atomic E-state index is 0.312. The van der Waals surface area contributed by atoms with E-state index in [-0.39, 0.29) is 5.91 Å². The topological polar surface area (TPSA) is 38.3 Å². The van der Waals surface area contributed by atoms with Crippen LogP contribution in [0, 0.1) is 6.92 Å². The number of carbonyl (C=O) groups excluding carboxylic acids is 1. The van der Waals surface area contributed by atoms with Gasteiger partial charge in [-0.2, -0.15) is 0 Å². The Labute approximate surface area is 102 Å². The number of aryl methyl sites for hydroxylation is 1. The van der Waals surface area contributed by atoms with Gasteiger partial charge in [-0.25, -0.2) is 5.48 Å². The van der Waals surface area contributed by atoms with Crippen molar-refractivity contribution in [3.05, 3.63) is 33.7 Å². The van der Waals surface area contributed by atoms with Crippen LogP contribution in [0.4, 0.5) is 0 Å². The number of hydroxylamine groups is 1. The van der Waals surface area contributed by atoms with Crippen LogP contribution in [0.5, 0.6) is 0 Å². The Morgan fingerprint density at radius 2 is 2.25 bits per heavy atom. The van der Waals surface area contributed by atoms with Crippen LogP contribution in [0.15, 0.2) is 18.2 Å². The van der Waals surface area contributed by atoms with E-state index in [1.807, 2.05) is 25.1 Å². The van der Waals surface area contributed by atoms with E-state index in [0.29, 0.717) is 9.90 Å². The Morgan fingerprint density at radius 3 is 2.88 bits per heavy atom. The number of nitrogens with one attached hydrogen (secondary N) is 1. The monoisotopic (exact) mass is 255 g/mol. The molecule has 5 heteroatoms. The average molecular weight is 256 g/mol. The lowest BCUT2D eigenvalue weighted by Crippen LogP contribution is -2.20. The normalized spacial score (nSPS) is 10.7. The Morgan fingerprint density at radius 1 is 1.50 bits per heavy atom. The third-order valence-corrected chi connectivity index (χ3v) is 3.91. The molecular formula is C11H10ClNO2S. The van der Waals surface area contributed by atoms with Crippen molar-refractivity contribution in [2.75, 3.05) is 7.11 Å². The Hall–Kier alpha value is -1.10. The lowest BCUT2D eigenvalue weighted by atomic mass is 10.1. The van der Waals surface area contributed by atoms with Gasteiger partial charge in [-0.05, 0) is 18.6 Å². The molecule has 1 aromatic heterocycles. The molecule has 2 rings (SSSR count). The summed E-state index contributed by atoms with van der Waals surface area (Å²) in [5.74, 6) is -0.312. The zero-order valence-electron chi connectivity index (χ0n) is 8.83. The maximum Gasteiger partial charge on any atom is 0.286 e. The van der Waals surface area contributed by atoms with E-state index < -0.39 is 0 Å². The summed E-state index contributed by atoms with van der Waals surface area (Å²) in [5, 5.41) is 1.43. The summed E-state index contributed by atoms with van der Waals surface area (Å²) < 4.78 is 1.01. The maximum atomic E-state index is 11.6. The number of carbonyl (C=O) groups is 1. The van der Waals surface area contributed by atoms with Gasteiger partial charge >= 0.3 is 0 Å². The molecule has 0 fully saturated rings. The molecule has 1 aromatic carbocycles. The number of fused-ring (bicyclic) bond motifs is 1. The number of hydrogen-bond acceptors (Lipinski definition) is 3. The van der Waals surface area contributed by atoms with Gasteiger partial charge in [0, 0.05) is 10.1 Å². The number of halogens is 1. The number of amides is 1. The van der Waals surface area contributed by atoms with Gasteiger partial charge < -0.3 is 0 Å². The first-order chi connectivity index (χ1) is 7.65. The lowest BCUT2D eigenvalue weighted by molar-refractivity contribution is 0.0542. The summed E-state index contributed by atoms with van der Waals surface area (Å²) in [6.45, 7) is 1.97. The smallest absolute Gasteiger partial charge is 0.277 e.